The molecule has 0 spiro atoms. The van der Waals surface area contributed by atoms with Gasteiger partial charge in [0.25, 0.3) is 5.91 Å². The van der Waals surface area contributed by atoms with Crippen molar-refractivity contribution in [3.05, 3.63) is 48.2 Å². The van der Waals surface area contributed by atoms with E-state index in [-0.39, 0.29) is 5.56 Å². The Morgan fingerprint density at radius 3 is 2.48 bits per heavy atom. The molecule has 0 fully saturated rings. The van der Waals surface area contributed by atoms with Crippen LogP contribution < -0.4 is 25.3 Å². The summed E-state index contributed by atoms with van der Waals surface area (Å²) in [4.78, 5) is 16.3. The van der Waals surface area contributed by atoms with Crippen LogP contribution in [0.3, 0.4) is 0 Å². The summed E-state index contributed by atoms with van der Waals surface area (Å²) in [6, 6.07) is 11.0. The number of rotatable bonds is 7. The molecule has 0 bridgehead atoms. The maximum atomic E-state index is 12.0. The lowest BCUT2D eigenvalue weighted by Crippen LogP contribution is -2.14. The summed E-state index contributed by atoms with van der Waals surface area (Å²) < 4.78 is 16.4. The van der Waals surface area contributed by atoms with Crippen molar-refractivity contribution in [2.45, 2.75) is 6.92 Å². The molecule has 3 N–H and O–H groups in total. The van der Waals surface area contributed by atoms with Crippen LogP contribution >= 0.6 is 0 Å². The minimum atomic E-state index is -0.587. The maximum absolute atomic E-state index is 12.0. The highest BCUT2D eigenvalue weighted by Gasteiger charge is 2.17. The molecular weight excluding hydrogens is 346 g/mol. The molecule has 0 aliphatic heterocycles. The highest BCUT2D eigenvalue weighted by Crippen LogP contribution is 2.38. The highest BCUT2D eigenvalue weighted by molar-refractivity contribution is 6.08. The van der Waals surface area contributed by atoms with Crippen LogP contribution in [0.4, 0.5) is 11.4 Å². The lowest BCUT2D eigenvalue weighted by Gasteiger charge is -2.17. The van der Waals surface area contributed by atoms with Gasteiger partial charge in [0.2, 0.25) is 0 Å². The van der Waals surface area contributed by atoms with Crippen molar-refractivity contribution in [3.63, 3.8) is 0 Å². The van der Waals surface area contributed by atoms with E-state index in [9.17, 15) is 4.79 Å². The number of fused-ring (bicyclic) bond motifs is 1. The quantitative estimate of drug-likeness (QED) is 0.664. The standard InChI is InChI=1S/C20H21N3O4/c1-4-27-16-8-6-5-7-14(16)23-19-12-9-17(25-2)18(26-3)10-15(12)22-11-13(19)20(21)24/h5-11H,4H2,1-3H3,(H2,21,24)(H,22,23). The predicted octanol–water partition coefficient (Wildman–Crippen LogP) is 3.49. The van der Waals surface area contributed by atoms with Gasteiger partial charge < -0.3 is 25.3 Å². The Kier molecular flexibility index (Phi) is 5.30. The zero-order chi connectivity index (χ0) is 19.4. The van der Waals surface area contributed by atoms with Crippen LogP contribution in [-0.2, 0) is 0 Å². The molecule has 2 aromatic carbocycles. The molecule has 1 amide bonds. The second-order valence-electron chi connectivity index (χ2n) is 5.69. The van der Waals surface area contributed by atoms with Gasteiger partial charge in [-0.1, -0.05) is 12.1 Å². The first-order chi connectivity index (χ1) is 13.1. The number of nitrogens with one attached hydrogen (secondary N) is 1. The SMILES string of the molecule is CCOc1ccccc1Nc1c(C(N)=O)cnc2cc(OC)c(OC)cc12. The molecule has 0 saturated carbocycles. The minimum absolute atomic E-state index is 0.265. The molecule has 7 heteroatoms. The van der Waals surface area contributed by atoms with Crippen LogP contribution in [0.5, 0.6) is 17.2 Å². The van der Waals surface area contributed by atoms with Crippen LogP contribution in [0.25, 0.3) is 10.9 Å². The van der Waals surface area contributed by atoms with E-state index in [1.165, 1.54) is 6.20 Å². The fourth-order valence-electron chi connectivity index (χ4n) is 2.83. The van der Waals surface area contributed by atoms with Crippen LogP contribution in [0.2, 0.25) is 0 Å². The Labute approximate surface area is 157 Å². The van der Waals surface area contributed by atoms with Gasteiger partial charge in [-0.2, -0.15) is 0 Å². The third kappa shape index (κ3) is 3.57. The normalized spacial score (nSPS) is 10.5. The monoisotopic (exact) mass is 367 g/mol. The molecule has 140 valence electrons. The molecule has 0 unspecified atom stereocenters. The molecule has 0 saturated heterocycles. The van der Waals surface area contributed by atoms with Crippen molar-refractivity contribution in [1.29, 1.82) is 0 Å². The number of anilines is 2. The number of para-hydroxylation sites is 2. The molecule has 1 aromatic heterocycles. The second kappa shape index (κ2) is 7.82. The molecule has 0 aliphatic carbocycles. The van der Waals surface area contributed by atoms with Gasteiger partial charge in [0, 0.05) is 17.6 Å². The molecule has 3 rings (SSSR count). The number of aromatic nitrogens is 1. The van der Waals surface area contributed by atoms with Gasteiger partial charge in [0.1, 0.15) is 5.75 Å². The molecule has 0 radical (unpaired) electrons. The molecule has 7 nitrogen and oxygen atoms in total. The van der Waals surface area contributed by atoms with Gasteiger partial charge in [0.05, 0.1) is 43.3 Å². The number of nitrogens with two attached hydrogens (primary N) is 1. The Morgan fingerprint density at radius 1 is 1.11 bits per heavy atom. The summed E-state index contributed by atoms with van der Waals surface area (Å²) in [6.07, 6.45) is 1.45. The van der Waals surface area contributed by atoms with E-state index in [0.717, 1.165) is 0 Å². The molecule has 27 heavy (non-hydrogen) atoms. The Balaban J connectivity index is 2.23. The average molecular weight is 367 g/mol. The molecular formula is C20H21N3O4. The number of amides is 1. The van der Waals surface area contributed by atoms with Crippen LogP contribution in [0, 0.1) is 0 Å². The lowest BCUT2D eigenvalue weighted by atomic mass is 10.1. The van der Waals surface area contributed by atoms with Gasteiger partial charge in [-0.15, -0.1) is 0 Å². The smallest absolute Gasteiger partial charge is 0.252 e. The van der Waals surface area contributed by atoms with Gasteiger partial charge >= 0.3 is 0 Å². The largest absolute Gasteiger partial charge is 0.493 e. The Hall–Kier alpha value is -3.48. The summed E-state index contributed by atoms with van der Waals surface area (Å²) in [5.74, 6) is 1.15. The highest BCUT2D eigenvalue weighted by atomic mass is 16.5. The fraction of sp³-hybridized carbons (Fsp3) is 0.200. The van der Waals surface area contributed by atoms with E-state index >= 15 is 0 Å². The topological polar surface area (TPSA) is 95.7 Å². The predicted molar refractivity (Wildman–Crippen MR) is 104 cm³/mol. The van der Waals surface area contributed by atoms with Crippen LogP contribution in [-0.4, -0.2) is 31.7 Å². The number of benzene rings is 2. The summed E-state index contributed by atoms with van der Waals surface area (Å²) in [5, 5.41) is 3.95. The van der Waals surface area contributed by atoms with E-state index in [1.54, 1.807) is 26.4 Å². The summed E-state index contributed by atoms with van der Waals surface area (Å²) in [7, 11) is 3.10. The molecule has 1 heterocycles. The first-order valence-electron chi connectivity index (χ1n) is 8.42. The summed E-state index contributed by atoms with van der Waals surface area (Å²) in [5.41, 5.74) is 7.72. The number of hydrogen-bond acceptors (Lipinski definition) is 6. The average Bonchev–Trinajstić information content (AvgIpc) is 2.68. The van der Waals surface area contributed by atoms with Crippen molar-refractivity contribution in [3.8, 4) is 17.2 Å². The van der Waals surface area contributed by atoms with Crippen molar-refractivity contribution < 1.29 is 19.0 Å². The van der Waals surface area contributed by atoms with Crippen LogP contribution in [0.15, 0.2) is 42.6 Å². The number of hydrogen-bond donors (Lipinski definition) is 2. The van der Waals surface area contributed by atoms with E-state index in [0.29, 0.717) is 46.1 Å². The van der Waals surface area contributed by atoms with Gasteiger partial charge in [-0.3, -0.25) is 9.78 Å². The second-order valence-corrected chi connectivity index (χ2v) is 5.69. The minimum Gasteiger partial charge on any atom is -0.493 e. The lowest BCUT2D eigenvalue weighted by molar-refractivity contribution is 0.100. The zero-order valence-corrected chi connectivity index (χ0v) is 15.4. The van der Waals surface area contributed by atoms with E-state index in [2.05, 4.69) is 10.3 Å². The third-order valence-corrected chi connectivity index (χ3v) is 4.09. The molecule has 0 atom stereocenters. The van der Waals surface area contributed by atoms with Crippen molar-refractivity contribution in [1.82, 2.24) is 4.98 Å². The van der Waals surface area contributed by atoms with Crippen molar-refractivity contribution >= 4 is 28.2 Å². The maximum Gasteiger partial charge on any atom is 0.252 e. The van der Waals surface area contributed by atoms with E-state index < -0.39 is 5.91 Å². The number of methoxy groups -OCH3 is 2. The van der Waals surface area contributed by atoms with Crippen LogP contribution in [0.1, 0.15) is 17.3 Å². The number of nitrogens with zero attached hydrogens (tertiary/aromatic N) is 1. The van der Waals surface area contributed by atoms with Gasteiger partial charge in [-0.05, 0) is 25.1 Å². The molecule has 0 aliphatic rings. The summed E-state index contributed by atoms with van der Waals surface area (Å²) in [6.45, 7) is 2.42. The number of ether oxygens (including phenoxy) is 3. The zero-order valence-electron chi connectivity index (χ0n) is 15.4. The summed E-state index contributed by atoms with van der Waals surface area (Å²) >= 11 is 0. The van der Waals surface area contributed by atoms with Crippen molar-refractivity contribution in [2.75, 3.05) is 26.1 Å². The number of primary amides is 1. The number of pyridine rings is 1. The Bertz CT molecular complexity index is 988. The van der Waals surface area contributed by atoms with Gasteiger partial charge in [-0.25, -0.2) is 0 Å². The fourth-order valence-corrected chi connectivity index (χ4v) is 2.83. The Morgan fingerprint density at radius 2 is 1.81 bits per heavy atom. The first-order valence-corrected chi connectivity index (χ1v) is 8.42. The third-order valence-electron chi connectivity index (χ3n) is 4.09. The van der Waals surface area contributed by atoms with E-state index in [4.69, 9.17) is 19.9 Å². The molecule has 3 aromatic rings. The number of carbonyl (C=O) groups is 1. The number of carbonyl (C=O) groups excluding carboxylic acids is 1. The first kappa shape index (κ1) is 18.3. The van der Waals surface area contributed by atoms with Crippen molar-refractivity contribution in [2.24, 2.45) is 5.73 Å². The van der Waals surface area contributed by atoms with Gasteiger partial charge in [0.15, 0.2) is 11.5 Å². The van der Waals surface area contributed by atoms with E-state index in [1.807, 2.05) is 31.2 Å².